The van der Waals surface area contributed by atoms with Crippen LogP contribution in [-0.2, 0) is 9.53 Å². The summed E-state index contributed by atoms with van der Waals surface area (Å²) in [4.78, 5) is 15.3. The molecule has 0 saturated heterocycles. The van der Waals surface area contributed by atoms with Gasteiger partial charge in [0.05, 0.1) is 12.8 Å². The maximum absolute atomic E-state index is 11.1. The minimum absolute atomic E-state index is 0.207. The summed E-state index contributed by atoms with van der Waals surface area (Å²) in [5.74, 6) is 0.707. The zero-order valence-corrected chi connectivity index (χ0v) is 8.23. The first kappa shape index (κ1) is 9.45. The van der Waals surface area contributed by atoms with Crippen molar-refractivity contribution in [2.24, 2.45) is 4.99 Å². The highest BCUT2D eigenvalue weighted by atomic mass is 16.5. The summed E-state index contributed by atoms with van der Waals surface area (Å²) in [5, 5.41) is 2.60. The predicted octanol–water partition coefficient (Wildman–Crippen LogP) is 1.38. The van der Waals surface area contributed by atoms with Gasteiger partial charge in [0.2, 0.25) is 0 Å². The van der Waals surface area contributed by atoms with Crippen molar-refractivity contribution in [1.29, 1.82) is 0 Å². The molecule has 4 nitrogen and oxygen atoms in total. The highest BCUT2D eigenvalue weighted by Gasteiger charge is 2.19. The third-order valence-electron chi connectivity index (χ3n) is 1.95. The molecule has 0 radical (unpaired) electrons. The minimum atomic E-state index is -0.207. The molecule has 1 aromatic rings. The largest absolute Gasteiger partial charge is 0.493 e. The number of amides is 1. The maximum Gasteiger partial charge on any atom is 0.253 e. The number of carbonyl (C=O) groups excluding carboxylic acids is 1. The van der Waals surface area contributed by atoms with Gasteiger partial charge in [-0.3, -0.25) is 4.79 Å². The normalized spacial score (nSPS) is 17.5. The Labute approximate surface area is 87.3 Å². The van der Waals surface area contributed by atoms with Gasteiger partial charge in [-0.1, -0.05) is 18.2 Å². The molecule has 0 fully saturated rings. The van der Waals surface area contributed by atoms with Gasteiger partial charge in [-0.15, -0.1) is 0 Å². The first-order chi connectivity index (χ1) is 7.29. The van der Waals surface area contributed by atoms with Crippen LogP contribution in [0, 0.1) is 0 Å². The van der Waals surface area contributed by atoms with Crippen molar-refractivity contribution in [2.75, 3.05) is 7.11 Å². The van der Waals surface area contributed by atoms with Crippen LogP contribution in [0.4, 0.5) is 5.69 Å². The molecule has 1 aromatic carbocycles. The molecule has 1 aliphatic rings. The van der Waals surface area contributed by atoms with Crippen molar-refractivity contribution in [3.05, 3.63) is 42.2 Å². The van der Waals surface area contributed by atoms with Crippen LogP contribution in [0.1, 0.15) is 0 Å². The second-order valence-electron chi connectivity index (χ2n) is 3.00. The van der Waals surface area contributed by atoms with E-state index in [0.717, 1.165) is 5.69 Å². The van der Waals surface area contributed by atoms with Gasteiger partial charge in [-0.25, -0.2) is 4.99 Å². The van der Waals surface area contributed by atoms with Crippen LogP contribution < -0.4 is 5.32 Å². The Kier molecular flexibility index (Phi) is 2.49. The fourth-order valence-corrected chi connectivity index (χ4v) is 1.27. The number of aliphatic imine (C=N–C) groups is 1. The average Bonchev–Trinajstić information content (AvgIpc) is 2.60. The number of rotatable bonds is 2. The van der Waals surface area contributed by atoms with Gasteiger partial charge >= 0.3 is 0 Å². The molecule has 0 aromatic heterocycles. The molecule has 0 unspecified atom stereocenters. The number of hydrogen-bond acceptors (Lipinski definition) is 3. The summed E-state index contributed by atoms with van der Waals surface area (Å²) < 4.78 is 5.01. The van der Waals surface area contributed by atoms with Gasteiger partial charge in [0.25, 0.3) is 5.91 Å². The fourth-order valence-electron chi connectivity index (χ4n) is 1.27. The lowest BCUT2D eigenvalue weighted by Crippen LogP contribution is -2.22. The van der Waals surface area contributed by atoms with Gasteiger partial charge in [0.15, 0.2) is 11.6 Å². The number of benzene rings is 1. The molecule has 1 heterocycles. The van der Waals surface area contributed by atoms with Gasteiger partial charge in [0.1, 0.15) is 0 Å². The third-order valence-corrected chi connectivity index (χ3v) is 1.95. The molecule has 0 spiro atoms. The first-order valence-corrected chi connectivity index (χ1v) is 4.50. The lowest BCUT2D eigenvalue weighted by molar-refractivity contribution is -0.114. The molecule has 1 aliphatic heterocycles. The van der Waals surface area contributed by atoms with E-state index in [-0.39, 0.29) is 5.91 Å². The zero-order chi connectivity index (χ0) is 10.7. The van der Waals surface area contributed by atoms with Crippen LogP contribution in [0.2, 0.25) is 0 Å². The molecule has 4 heteroatoms. The first-order valence-electron chi connectivity index (χ1n) is 4.50. The summed E-state index contributed by atoms with van der Waals surface area (Å²) in [6.07, 6.45) is 1.38. The highest BCUT2D eigenvalue weighted by Crippen LogP contribution is 2.14. The van der Waals surface area contributed by atoms with E-state index in [1.54, 1.807) is 0 Å². The molecule has 1 N–H and O–H groups in total. The molecule has 15 heavy (non-hydrogen) atoms. The Morgan fingerprint density at radius 3 is 2.67 bits per heavy atom. The molecule has 1 amide bonds. The average molecular weight is 202 g/mol. The van der Waals surface area contributed by atoms with Crippen molar-refractivity contribution in [3.63, 3.8) is 0 Å². The van der Waals surface area contributed by atoms with E-state index >= 15 is 0 Å². The van der Waals surface area contributed by atoms with Crippen LogP contribution in [-0.4, -0.2) is 18.9 Å². The number of hydrogen-bond donors (Lipinski definition) is 1. The predicted molar refractivity (Wildman–Crippen MR) is 56.8 cm³/mol. The van der Waals surface area contributed by atoms with Crippen LogP contribution in [0.3, 0.4) is 0 Å². The van der Waals surface area contributed by atoms with Crippen LogP contribution in [0.5, 0.6) is 0 Å². The van der Waals surface area contributed by atoms with Crippen molar-refractivity contribution >= 4 is 17.4 Å². The standard InChI is InChI=1S/C11H10N2O2/c1-15-9-7-10(14)13-11(9)12-8-5-3-2-4-6-8/h2-7H,1H3,(H,12,13,14). The minimum Gasteiger partial charge on any atom is -0.493 e. The number of nitrogens with zero attached hydrogens (tertiary/aromatic N) is 1. The summed E-state index contributed by atoms with van der Waals surface area (Å²) >= 11 is 0. The molecule has 2 rings (SSSR count). The molecule has 0 saturated carbocycles. The van der Waals surface area contributed by atoms with E-state index in [0.29, 0.717) is 11.6 Å². The van der Waals surface area contributed by atoms with Crippen molar-refractivity contribution in [1.82, 2.24) is 5.32 Å². The lowest BCUT2D eigenvalue weighted by Gasteiger charge is -2.02. The number of para-hydroxylation sites is 1. The Hall–Kier alpha value is -2.10. The molecular formula is C11H10N2O2. The number of carbonyl (C=O) groups is 1. The van der Waals surface area contributed by atoms with Gasteiger partial charge in [0, 0.05) is 6.08 Å². The van der Waals surface area contributed by atoms with E-state index in [2.05, 4.69) is 10.3 Å². The van der Waals surface area contributed by atoms with E-state index in [9.17, 15) is 4.79 Å². The van der Waals surface area contributed by atoms with E-state index < -0.39 is 0 Å². The second kappa shape index (κ2) is 3.96. The van der Waals surface area contributed by atoms with Crippen molar-refractivity contribution in [2.45, 2.75) is 0 Å². The van der Waals surface area contributed by atoms with Crippen molar-refractivity contribution in [3.8, 4) is 0 Å². The lowest BCUT2D eigenvalue weighted by atomic mass is 10.3. The van der Waals surface area contributed by atoms with Gasteiger partial charge < -0.3 is 10.1 Å². The Morgan fingerprint density at radius 1 is 1.27 bits per heavy atom. The van der Waals surface area contributed by atoms with Crippen LogP contribution >= 0.6 is 0 Å². The summed E-state index contributed by atoms with van der Waals surface area (Å²) in [6.45, 7) is 0. The van der Waals surface area contributed by atoms with E-state index in [1.807, 2.05) is 30.3 Å². The SMILES string of the molecule is COC1=CC(=O)NC1=Nc1ccccc1. The highest BCUT2D eigenvalue weighted by molar-refractivity contribution is 6.18. The number of amidine groups is 1. The summed E-state index contributed by atoms with van der Waals surface area (Å²) in [5.41, 5.74) is 0.776. The quantitative estimate of drug-likeness (QED) is 0.787. The summed E-state index contributed by atoms with van der Waals surface area (Å²) in [6, 6.07) is 9.37. The monoisotopic (exact) mass is 202 g/mol. The molecule has 0 bridgehead atoms. The van der Waals surface area contributed by atoms with E-state index in [4.69, 9.17) is 4.74 Å². The van der Waals surface area contributed by atoms with Crippen molar-refractivity contribution < 1.29 is 9.53 Å². The molecule has 0 atom stereocenters. The van der Waals surface area contributed by atoms with Gasteiger partial charge in [-0.05, 0) is 12.1 Å². The van der Waals surface area contributed by atoms with Gasteiger partial charge in [-0.2, -0.15) is 0 Å². The van der Waals surface area contributed by atoms with Crippen LogP contribution in [0.25, 0.3) is 0 Å². The Morgan fingerprint density at radius 2 is 2.00 bits per heavy atom. The third kappa shape index (κ3) is 2.04. The molecule has 76 valence electrons. The zero-order valence-electron chi connectivity index (χ0n) is 8.23. The smallest absolute Gasteiger partial charge is 0.253 e. The number of nitrogens with one attached hydrogen (secondary N) is 1. The number of methoxy groups -OCH3 is 1. The topological polar surface area (TPSA) is 50.7 Å². The van der Waals surface area contributed by atoms with E-state index in [1.165, 1.54) is 13.2 Å². The Balaban J connectivity index is 2.29. The molecular weight excluding hydrogens is 192 g/mol. The maximum atomic E-state index is 11.1. The van der Waals surface area contributed by atoms with Crippen LogP contribution in [0.15, 0.2) is 47.2 Å². The molecule has 0 aliphatic carbocycles. The second-order valence-corrected chi connectivity index (χ2v) is 3.00. The summed E-state index contributed by atoms with van der Waals surface area (Å²) in [7, 11) is 1.51. The fraction of sp³-hybridized carbons (Fsp3) is 0.0909. The Bertz CT molecular complexity index is 435. The number of ether oxygens (including phenoxy) is 1.